The fourth-order valence-electron chi connectivity index (χ4n) is 0. The van der Waals surface area contributed by atoms with Crippen molar-refractivity contribution in [3.05, 3.63) is 0 Å². The summed E-state index contributed by atoms with van der Waals surface area (Å²) in [5.41, 5.74) is 0. The van der Waals surface area contributed by atoms with Gasteiger partial charge in [-0.05, 0) is 0 Å². The number of hydrogen-bond acceptors (Lipinski definition) is 0. The van der Waals surface area contributed by atoms with E-state index in [9.17, 15) is 0 Å². The molecule has 0 N–H and O–H groups in total. The molecule has 0 aromatic rings. The Morgan fingerprint density at radius 3 is 1.20 bits per heavy atom. The van der Waals surface area contributed by atoms with Crippen LogP contribution < -0.4 is 0 Å². The third-order valence-electron chi connectivity index (χ3n) is 0. The molecule has 32 valence electrons. The van der Waals surface area contributed by atoms with Gasteiger partial charge in [0, 0.05) is 0 Å². The van der Waals surface area contributed by atoms with Crippen LogP contribution in [0.15, 0.2) is 0 Å². The van der Waals surface area contributed by atoms with Gasteiger partial charge in [-0.2, -0.15) is 0 Å². The van der Waals surface area contributed by atoms with Gasteiger partial charge in [0.05, 0.1) is 0 Å². The summed E-state index contributed by atoms with van der Waals surface area (Å²) >= 11 is 8.51. The second kappa shape index (κ2) is 2.59. The van der Waals surface area contributed by atoms with Crippen LogP contribution in [-0.4, -0.2) is 0 Å². The van der Waals surface area contributed by atoms with Crippen LogP contribution in [0.5, 0.6) is 0 Å². The van der Waals surface area contributed by atoms with Crippen molar-refractivity contribution in [1.29, 1.82) is 0 Å². The first kappa shape index (κ1) is 7.32. The van der Waals surface area contributed by atoms with Crippen molar-refractivity contribution in [2.45, 2.75) is 4.63 Å². The van der Waals surface area contributed by atoms with Crippen LogP contribution in [-0.2, 0) is 13.2 Å². The van der Waals surface area contributed by atoms with Crippen LogP contribution in [0, 0.1) is 0 Å². The van der Waals surface area contributed by atoms with Crippen LogP contribution in [0.1, 0.15) is 0 Å². The molecule has 0 aliphatic rings. The predicted octanol–water partition coefficient (Wildman–Crippen LogP) is 3.12. The molecular weight excluding hydrogens is 343 g/mol. The molecule has 0 fully saturated rings. The molecule has 0 radical (unpaired) electrons. The Morgan fingerprint density at radius 1 is 1.20 bits per heavy atom. The molecule has 0 spiro atoms. The predicted molar refractivity (Wildman–Crippen MR) is 32.6 cm³/mol. The van der Waals surface area contributed by atoms with E-state index in [0.29, 0.717) is 0 Å². The molecule has 0 aromatic carbocycles. The van der Waals surface area contributed by atoms with Crippen LogP contribution >= 0.6 is 36.7 Å². The topological polar surface area (TPSA) is 0 Å². The Labute approximate surface area is 53.5 Å². The molecule has 0 saturated carbocycles. The molecular formula is CH3Br3Zr. The second-order valence-corrected chi connectivity index (χ2v) is 51.7. The molecule has 4 heteroatoms. The van der Waals surface area contributed by atoms with Crippen LogP contribution in [0.3, 0.4) is 0 Å². The van der Waals surface area contributed by atoms with Crippen molar-refractivity contribution in [2.24, 2.45) is 0 Å². The van der Waals surface area contributed by atoms with Gasteiger partial charge in [-0.15, -0.1) is 0 Å². The summed E-state index contributed by atoms with van der Waals surface area (Å²) in [6.07, 6.45) is 0. The number of hydrogen-bond donors (Lipinski definition) is 0. The SMILES string of the molecule is [CH3][Zr]([Br])([Br])[Br]. The van der Waals surface area contributed by atoms with E-state index in [1.807, 2.05) is 0 Å². The van der Waals surface area contributed by atoms with Crippen LogP contribution in [0.4, 0.5) is 0 Å². The van der Waals surface area contributed by atoms with E-state index >= 15 is 0 Å². The maximum absolute atomic E-state index is 3.42. The first-order valence-electron chi connectivity index (χ1n) is 1.07. The fraction of sp³-hybridized carbons (Fsp3) is 1.00. The zero-order valence-corrected chi connectivity index (χ0v) is 9.85. The van der Waals surface area contributed by atoms with Crippen molar-refractivity contribution in [1.82, 2.24) is 0 Å². The average Bonchev–Trinajstić information content (AvgIpc) is 0.722. The Kier molecular flexibility index (Phi) is 3.79. The maximum atomic E-state index is 3.42. The summed E-state index contributed by atoms with van der Waals surface area (Å²) < 4.78 is 2.15. The van der Waals surface area contributed by atoms with Gasteiger partial charge in [-0.25, -0.2) is 0 Å². The standard InChI is InChI=1S/CH3.3BrH.Zr/h1H3;3*1H;/q;;;;+3/p-3. The summed E-state index contributed by atoms with van der Waals surface area (Å²) in [6.45, 7) is 0. The number of rotatable bonds is 0. The Balaban J connectivity index is 3.02. The van der Waals surface area contributed by atoms with E-state index in [1.54, 1.807) is 0 Å². The van der Waals surface area contributed by atoms with Crippen LogP contribution in [0.25, 0.3) is 0 Å². The Morgan fingerprint density at radius 2 is 1.20 bits per heavy atom. The summed E-state index contributed by atoms with van der Waals surface area (Å²) in [5, 5.41) is 0. The minimum atomic E-state index is -1.74. The van der Waals surface area contributed by atoms with Crippen LogP contribution in [0.2, 0.25) is 4.63 Å². The van der Waals surface area contributed by atoms with Gasteiger partial charge in [-0.1, -0.05) is 0 Å². The van der Waals surface area contributed by atoms with E-state index in [1.165, 1.54) is 0 Å². The van der Waals surface area contributed by atoms with E-state index in [4.69, 9.17) is 0 Å². The normalized spacial score (nSPS) is 12.0. The average molecular weight is 346 g/mol. The number of halogens is 3. The van der Waals surface area contributed by atoms with Gasteiger partial charge in [0.15, 0.2) is 0 Å². The van der Waals surface area contributed by atoms with Gasteiger partial charge < -0.3 is 0 Å². The molecule has 0 aliphatic carbocycles. The van der Waals surface area contributed by atoms with E-state index in [2.05, 4.69) is 41.3 Å². The van der Waals surface area contributed by atoms with Gasteiger partial charge in [-0.3, -0.25) is 0 Å². The molecule has 0 aliphatic heterocycles. The minimum absolute atomic E-state index is 1.74. The second-order valence-electron chi connectivity index (χ2n) is 0.781. The van der Waals surface area contributed by atoms with Crippen molar-refractivity contribution in [2.75, 3.05) is 0 Å². The van der Waals surface area contributed by atoms with Crippen molar-refractivity contribution >= 4 is 36.7 Å². The molecule has 0 heterocycles. The molecule has 5 heavy (non-hydrogen) atoms. The summed E-state index contributed by atoms with van der Waals surface area (Å²) in [6, 6.07) is 0. The van der Waals surface area contributed by atoms with E-state index < -0.39 is 13.2 Å². The Hall–Kier alpha value is 2.32. The summed E-state index contributed by atoms with van der Waals surface area (Å²) in [7, 11) is 0. The van der Waals surface area contributed by atoms with E-state index in [0.717, 1.165) is 0 Å². The third-order valence-corrected chi connectivity index (χ3v) is 0. The molecule has 0 bridgehead atoms. The molecule has 0 atom stereocenters. The molecule has 0 saturated heterocycles. The summed E-state index contributed by atoms with van der Waals surface area (Å²) in [4.78, 5) is 0. The third kappa shape index (κ3) is 21.9. The van der Waals surface area contributed by atoms with Gasteiger partial charge in [0.2, 0.25) is 0 Å². The first-order valence-corrected chi connectivity index (χ1v) is 20.4. The van der Waals surface area contributed by atoms with E-state index in [-0.39, 0.29) is 0 Å². The summed E-state index contributed by atoms with van der Waals surface area (Å²) in [5.74, 6) is 0. The molecule has 0 unspecified atom stereocenters. The monoisotopic (exact) mass is 342 g/mol. The molecule has 0 aromatic heterocycles. The fourth-order valence-corrected chi connectivity index (χ4v) is 0. The van der Waals surface area contributed by atoms with Crippen molar-refractivity contribution in [3.8, 4) is 0 Å². The van der Waals surface area contributed by atoms with Gasteiger partial charge in [0.1, 0.15) is 0 Å². The molecule has 0 amide bonds. The quantitative estimate of drug-likeness (QED) is 0.633. The Bertz CT molecular complexity index is 22.4. The first-order chi connectivity index (χ1) is 2.00. The van der Waals surface area contributed by atoms with Crippen molar-refractivity contribution < 1.29 is 13.2 Å². The van der Waals surface area contributed by atoms with Gasteiger partial charge >= 0.3 is 54.5 Å². The molecule has 0 nitrogen and oxygen atoms in total. The van der Waals surface area contributed by atoms with Crippen molar-refractivity contribution in [3.63, 3.8) is 0 Å². The zero-order valence-electron chi connectivity index (χ0n) is 2.63. The molecule has 0 rings (SSSR count). The zero-order chi connectivity index (χ0) is 4.50. The van der Waals surface area contributed by atoms with Gasteiger partial charge in [0.25, 0.3) is 0 Å².